The second-order valence-electron chi connectivity index (χ2n) is 7.28. The number of fused-ring (bicyclic) bond motifs is 2. The van der Waals surface area contributed by atoms with Crippen LogP contribution in [0.4, 0.5) is 5.69 Å². The zero-order valence-electron chi connectivity index (χ0n) is 15.4. The summed E-state index contributed by atoms with van der Waals surface area (Å²) in [5, 5.41) is 5.70. The first kappa shape index (κ1) is 17.1. The number of aromatic nitrogens is 1. The van der Waals surface area contributed by atoms with Crippen LogP contribution in [0.5, 0.6) is 0 Å². The van der Waals surface area contributed by atoms with E-state index in [1.165, 1.54) is 11.3 Å². The SMILES string of the molecule is Cc1nc(C(=O)N2CC[C@]3(C(=O)Nc4ccccc43)[C@@H]2c2ccccc2)cs1. The van der Waals surface area contributed by atoms with Gasteiger partial charge >= 0.3 is 0 Å². The molecule has 28 heavy (non-hydrogen) atoms. The number of hydrogen-bond donors (Lipinski definition) is 1. The number of aryl methyl sites for hydroxylation is 1. The maximum atomic E-state index is 13.3. The lowest BCUT2D eigenvalue weighted by atomic mass is 9.72. The highest BCUT2D eigenvalue weighted by molar-refractivity contribution is 7.09. The molecule has 0 radical (unpaired) electrons. The number of carbonyl (C=O) groups is 2. The van der Waals surface area contributed by atoms with Gasteiger partial charge in [-0.25, -0.2) is 4.98 Å². The Morgan fingerprint density at radius 1 is 1.18 bits per heavy atom. The van der Waals surface area contributed by atoms with Gasteiger partial charge in [-0.05, 0) is 30.5 Å². The van der Waals surface area contributed by atoms with E-state index in [1.54, 1.807) is 5.38 Å². The van der Waals surface area contributed by atoms with Crippen molar-refractivity contribution in [2.75, 3.05) is 11.9 Å². The molecule has 5 rings (SSSR count). The second kappa shape index (κ2) is 6.27. The van der Waals surface area contributed by atoms with Crippen LogP contribution in [0, 0.1) is 6.92 Å². The topological polar surface area (TPSA) is 62.3 Å². The van der Waals surface area contributed by atoms with Crippen molar-refractivity contribution in [1.82, 2.24) is 9.88 Å². The van der Waals surface area contributed by atoms with Crippen molar-refractivity contribution in [3.63, 3.8) is 0 Å². The van der Waals surface area contributed by atoms with Gasteiger partial charge in [0.15, 0.2) is 0 Å². The van der Waals surface area contributed by atoms with Crippen LogP contribution in [0.25, 0.3) is 0 Å². The minimum Gasteiger partial charge on any atom is -0.329 e. The largest absolute Gasteiger partial charge is 0.329 e. The molecule has 3 heterocycles. The van der Waals surface area contributed by atoms with Crippen LogP contribution in [-0.4, -0.2) is 28.2 Å². The van der Waals surface area contributed by atoms with E-state index in [9.17, 15) is 9.59 Å². The Labute approximate surface area is 167 Å². The summed E-state index contributed by atoms with van der Waals surface area (Å²) >= 11 is 1.46. The standard InChI is InChI=1S/C22H19N3O2S/c1-14-23-18(13-28-14)20(26)25-12-11-22(19(25)15-7-3-2-4-8-15)16-9-5-6-10-17(16)24-21(22)27/h2-10,13,19H,11-12H2,1H3,(H,24,27)/t19-,22+/m0/s1. The molecule has 2 atom stereocenters. The van der Waals surface area contributed by atoms with Crippen LogP contribution in [0.3, 0.4) is 0 Å². The van der Waals surface area contributed by atoms with Gasteiger partial charge in [-0.1, -0.05) is 48.5 Å². The minimum atomic E-state index is -0.779. The molecule has 0 unspecified atom stereocenters. The zero-order valence-corrected chi connectivity index (χ0v) is 16.2. The quantitative estimate of drug-likeness (QED) is 0.722. The van der Waals surface area contributed by atoms with E-state index < -0.39 is 5.41 Å². The van der Waals surface area contributed by atoms with Crippen molar-refractivity contribution >= 4 is 28.8 Å². The molecule has 0 saturated carbocycles. The van der Waals surface area contributed by atoms with Crippen molar-refractivity contribution in [2.45, 2.75) is 24.8 Å². The highest BCUT2D eigenvalue weighted by Crippen LogP contribution is 2.54. The van der Waals surface area contributed by atoms with Crippen molar-refractivity contribution in [1.29, 1.82) is 0 Å². The van der Waals surface area contributed by atoms with E-state index in [1.807, 2.05) is 66.4 Å². The zero-order chi connectivity index (χ0) is 19.3. The van der Waals surface area contributed by atoms with E-state index in [-0.39, 0.29) is 17.9 Å². The van der Waals surface area contributed by atoms with Gasteiger partial charge in [-0.2, -0.15) is 0 Å². The number of carbonyl (C=O) groups excluding carboxylic acids is 2. The maximum Gasteiger partial charge on any atom is 0.273 e. The molecule has 1 spiro atoms. The Morgan fingerprint density at radius 3 is 2.68 bits per heavy atom. The third kappa shape index (κ3) is 2.34. The van der Waals surface area contributed by atoms with Crippen LogP contribution < -0.4 is 5.32 Å². The van der Waals surface area contributed by atoms with Crippen LogP contribution in [0.2, 0.25) is 0 Å². The first-order valence-corrected chi connectivity index (χ1v) is 10.2. The number of thiazole rings is 1. The average Bonchev–Trinajstić information content (AvgIpc) is 3.40. The average molecular weight is 389 g/mol. The summed E-state index contributed by atoms with van der Waals surface area (Å²) in [6.45, 7) is 2.40. The molecule has 1 aromatic heterocycles. The molecule has 2 aromatic carbocycles. The molecule has 2 aliphatic heterocycles. The number of likely N-dealkylation sites (tertiary alicyclic amines) is 1. The van der Waals surface area contributed by atoms with Crippen LogP contribution in [0.1, 0.15) is 39.1 Å². The molecule has 0 aliphatic carbocycles. The maximum absolute atomic E-state index is 13.3. The Kier molecular flexibility index (Phi) is 3.84. The van der Waals surface area contributed by atoms with Crippen LogP contribution >= 0.6 is 11.3 Å². The predicted molar refractivity (Wildman–Crippen MR) is 108 cm³/mol. The molecule has 140 valence electrons. The minimum absolute atomic E-state index is 0.0349. The molecule has 0 bridgehead atoms. The number of anilines is 1. The van der Waals surface area contributed by atoms with Crippen molar-refractivity contribution in [3.05, 3.63) is 81.8 Å². The van der Waals surface area contributed by atoms with E-state index in [4.69, 9.17) is 0 Å². The second-order valence-corrected chi connectivity index (χ2v) is 8.35. The lowest BCUT2D eigenvalue weighted by Crippen LogP contribution is -2.42. The van der Waals surface area contributed by atoms with Gasteiger partial charge in [-0.3, -0.25) is 9.59 Å². The van der Waals surface area contributed by atoms with E-state index in [2.05, 4.69) is 10.3 Å². The van der Waals surface area contributed by atoms with Crippen LogP contribution in [-0.2, 0) is 10.2 Å². The van der Waals surface area contributed by atoms with Crippen molar-refractivity contribution in [3.8, 4) is 0 Å². The highest BCUT2D eigenvalue weighted by atomic mass is 32.1. The van der Waals surface area contributed by atoms with Gasteiger partial charge < -0.3 is 10.2 Å². The van der Waals surface area contributed by atoms with Gasteiger partial charge in [-0.15, -0.1) is 11.3 Å². The molecular weight excluding hydrogens is 370 g/mol. The Morgan fingerprint density at radius 2 is 1.93 bits per heavy atom. The van der Waals surface area contributed by atoms with E-state index in [0.717, 1.165) is 21.8 Å². The Hall–Kier alpha value is -2.99. The number of nitrogens with zero attached hydrogens (tertiary/aromatic N) is 2. The van der Waals surface area contributed by atoms with Gasteiger partial charge in [0.2, 0.25) is 5.91 Å². The van der Waals surface area contributed by atoms with Crippen molar-refractivity contribution < 1.29 is 9.59 Å². The first-order chi connectivity index (χ1) is 13.6. The number of nitrogens with one attached hydrogen (secondary N) is 1. The number of hydrogen-bond acceptors (Lipinski definition) is 4. The third-order valence-electron chi connectivity index (χ3n) is 5.80. The highest BCUT2D eigenvalue weighted by Gasteiger charge is 2.59. The Bertz CT molecular complexity index is 1080. The molecule has 2 aliphatic rings. The molecule has 1 N–H and O–H groups in total. The number of para-hydroxylation sites is 1. The summed E-state index contributed by atoms with van der Waals surface area (Å²) in [6.07, 6.45) is 0.588. The molecule has 6 heteroatoms. The first-order valence-electron chi connectivity index (χ1n) is 9.30. The summed E-state index contributed by atoms with van der Waals surface area (Å²) in [5.74, 6) is -0.153. The fraction of sp³-hybridized carbons (Fsp3) is 0.227. The monoisotopic (exact) mass is 389 g/mol. The summed E-state index contributed by atoms with van der Waals surface area (Å²) in [7, 11) is 0. The van der Waals surface area contributed by atoms with Gasteiger partial charge in [0.25, 0.3) is 5.91 Å². The molecule has 1 saturated heterocycles. The number of amides is 2. The fourth-order valence-electron chi connectivity index (χ4n) is 4.61. The van der Waals surface area contributed by atoms with E-state index in [0.29, 0.717) is 18.7 Å². The Balaban J connectivity index is 1.67. The fourth-order valence-corrected chi connectivity index (χ4v) is 5.20. The number of rotatable bonds is 2. The molecule has 5 nitrogen and oxygen atoms in total. The molecule has 3 aromatic rings. The third-order valence-corrected chi connectivity index (χ3v) is 6.57. The predicted octanol–water partition coefficient (Wildman–Crippen LogP) is 3.93. The molecular formula is C22H19N3O2S. The van der Waals surface area contributed by atoms with Gasteiger partial charge in [0.05, 0.1) is 11.0 Å². The normalized spacial score (nSPS) is 23.1. The van der Waals surface area contributed by atoms with Crippen molar-refractivity contribution in [2.24, 2.45) is 0 Å². The summed E-state index contributed by atoms with van der Waals surface area (Å²) in [5.41, 5.74) is 2.45. The lowest BCUT2D eigenvalue weighted by Gasteiger charge is -2.34. The molecule has 1 fully saturated rings. The number of benzene rings is 2. The van der Waals surface area contributed by atoms with Gasteiger partial charge in [0, 0.05) is 17.6 Å². The van der Waals surface area contributed by atoms with Crippen LogP contribution in [0.15, 0.2) is 60.0 Å². The smallest absolute Gasteiger partial charge is 0.273 e. The van der Waals surface area contributed by atoms with Gasteiger partial charge in [0.1, 0.15) is 11.1 Å². The summed E-state index contributed by atoms with van der Waals surface area (Å²) in [6, 6.07) is 17.3. The molecule has 2 amide bonds. The summed E-state index contributed by atoms with van der Waals surface area (Å²) in [4.78, 5) is 32.8. The van der Waals surface area contributed by atoms with E-state index >= 15 is 0 Å². The lowest BCUT2D eigenvalue weighted by molar-refractivity contribution is -0.121. The summed E-state index contributed by atoms with van der Waals surface area (Å²) < 4.78 is 0.